The number of hydrogen-bond acceptors (Lipinski definition) is 3. The van der Waals surface area contributed by atoms with Gasteiger partial charge < -0.3 is 10.4 Å². The van der Waals surface area contributed by atoms with Gasteiger partial charge in [-0.1, -0.05) is 0 Å². The van der Waals surface area contributed by atoms with E-state index in [1.165, 1.54) is 6.07 Å². The molecular weight excluding hydrogens is 296 g/mol. The second kappa shape index (κ2) is 5.18. The Kier molecular flexibility index (Phi) is 3.62. The van der Waals surface area contributed by atoms with E-state index in [1.54, 1.807) is 24.5 Å². The average Bonchev–Trinajstić information content (AvgIpc) is 2.32. The molecule has 2 aromatic rings. The Balaban J connectivity index is 2.19. The van der Waals surface area contributed by atoms with Crippen molar-refractivity contribution in [2.75, 3.05) is 5.32 Å². The molecule has 0 aliphatic carbocycles. The number of aryl methyl sites for hydroxylation is 1. The summed E-state index contributed by atoms with van der Waals surface area (Å²) in [5.74, 6) is -0.254. The summed E-state index contributed by atoms with van der Waals surface area (Å²) in [6.07, 6.45) is 3.28. The molecule has 0 aliphatic rings. The molecule has 18 heavy (non-hydrogen) atoms. The summed E-state index contributed by atoms with van der Waals surface area (Å²) in [6.45, 7) is 1.90. The average molecular weight is 307 g/mol. The summed E-state index contributed by atoms with van der Waals surface area (Å²) < 4.78 is 0.552. The fraction of sp³-hybridized carbons (Fsp3) is 0.0769. The van der Waals surface area contributed by atoms with Crippen LogP contribution in [0, 0.1) is 6.92 Å². The van der Waals surface area contributed by atoms with Gasteiger partial charge in [0.2, 0.25) is 0 Å². The minimum atomic E-state index is -0.287. The molecule has 0 unspecified atom stereocenters. The number of halogens is 1. The predicted molar refractivity (Wildman–Crippen MR) is 72.7 cm³/mol. The van der Waals surface area contributed by atoms with Crippen molar-refractivity contribution in [1.29, 1.82) is 0 Å². The van der Waals surface area contributed by atoms with Crippen molar-refractivity contribution in [2.45, 2.75) is 6.92 Å². The van der Waals surface area contributed by atoms with Gasteiger partial charge >= 0.3 is 0 Å². The van der Waals surface area contributed by atoms with E-state index in [1.807, 2.05) is 13.0 Å². The molecule has 0 saturated heterocycles. The Labute approximate surface area is 113 Å². The first-order valence-electron chi connectivity index (χ1n) is 5.28. The number of rotatable bonds is 2. The summed E-state index contributed by atoms with van der Waals surface area (Å²) >= 11 is 3.16. The van der Waals surface area contributed by atoms with Crippen molar-refractivity contribution in [3.63, 3.8) is 0 Å². The number of amides is 1. The fourth-order valence-electron chi connectivity index (χ4n) is 1.48. The second-order valence-electron chi connectivity index (χ2n) is 3.87. The molecule has 0 saturated carbocycles. The third-order valence-electron chi connectivity index (χ3n) is 2.34. The highest BCUT2D eigenvalue weighted by molar-refractivity contribution is 9.10. The van der Waals surface area contributed by atoms with Crippen molar-refractivity contribution >= 4 is 27.5 Å². The lowest BCUT2D eigenvalue weighted by atomic mass is 10.2. The lowest BCUT2D eigenvalue weighted by molar-refractivity contribution is 0.102. The van der Waals surface area contributed by atoms with Crippen LogP contribution in [-0.2, 0) is 0 Å². The zero-order chi connectivity index (χ0) is 13.1. The molecule has 0 aliphatic heterocycles. The number of pyridine rings is 1. The molecule has 1 heterocycles. The number of anilines is 1. The SMILES string of the molecule is Cc1cncc(NC(=O)c2ccc(Br)c(O)c2)c1. The monoisotopic (exact) mass is 306 g/mol. The van der Waals surface area contributed by atoms with Gasteiger partial charge in [-0.25, -0.2) is 0 Å². The fourth-order valence-corrected chi connectivity index (χ4v) is 1.73. The predicted octanol–water partition coefficient (Wildman–Crippen LogP) is 3.11. The zero-order valence-corrected chi connectivity index (χ0v) is 11.2. The molecule has 1 aromatic heterocycles. The van der Waals surface area contributed by atoms with E-state index in [-0.39, 0.29) is 11.7 Å². The van der Waals surface area contributed by atoms with Gasteiger partial charge in [-0.05, 0) is 52.7 Å². The lowest BCUT2D eigenvalue weighted by Gasteiger charge is -2.06. The molecular formula is C13H11BrN2O2. The van der Waals surface area contributed by atoms with E-state index >= 15 is 0 Å². The van der Waals surface area contributed by atoms with Crippen molar-refractivity contribution in [3.05, 3.63) is 52.3 Å². The number of phenolic OH excluding ortho intramolecular Hbond substituents is 1. The molecule has 1 aromatic carbocycles. The number of hydrogen-bond donors (Lipinski definition) is 2. The zero-order valence-electron chi connectivity index (χ0n) is 9.64. The Bertz CT molecular complexity index is 599. The molecule has 0 fully saturated rings. The molecule has 0 radical (unpaired) electrons. The van der Waals surface area contributed by atoms with Crippen LogP contribution < -0.4 is 5.32 Å². The second-order valence-corrected chi connectivity index (χ2v) is 4.73. The first-order chi connectivity index (χ1) is 8.56. The highest BCUT2D eigenvalue weighted by atomic mass is 79.9. The molecule has 2 rings (SSSR count). The molecule has 0 atom stereocenters. The summed E-state index contributed by atoms with van der Waals surface area (Å²) in [5.41, 5.74) is 1.98. The molecule has 1 amide bonds. The van der Waals surface area contributed by atoms with Gasteiger partial charge in [0.1, 0.15) is 5.75 Å². The number of nitrogens with one attached hydrogen (secondary N) is 1. The van der Waals surface area contributed by atoms with Crippen LogP contribution in [0.25, 0.3) is 0 Å². The van der Waals surface area contributed by atoms with Crippen LogP contribution in [0.15, 0.2) is 41.1 Å². The molecule has 0 spiro atoms. The summed E-state index contributed by atoms with van der Waals surface area (Å²) in [6, 6.07) is 6.48. The topological polar surface area (TPSA) is 62.2 Å². The van der Waals surface area contributed by atoms with Crippen LogP contribution in [-0.4, -0.2) is 16.0 Å². The summed E-state index contributed by atoms with van der Waals surface area (Å²) in [7, 11) is 0. The Morgan fingerprint density at radius 2 is 2.11 bits per heavy atom. The van der Waals surface area contributed by atoms with Crippen molar-refractivity contribution in [2.24, 2.45) is 0 Å². The van der Waals surface area contributed by atoms with E-state index in [0.717, 1.165) is 5.56 Å². The maximum Gasteiger partial charge on any atom is 0.255 e. The Hall–Kier alpha value is -1.88. The van der Waals surface area contributed by atoms with Gasteiger partial charge in [-0.15, -0.1) is 0 Å². The molecule has 2 N–H and O–H groups in total. The van der Waals surface area contributed by atoms with Crippen LogP contribution in [0.4, 0.5) is 5.69 Å². The van der Waals surface area contributed by atoms with Crippen molar-refractivity contribution in [3.8, 4) is 5.75 Å². The highest BCUT2D eigenvalue weighted by Crippen LogP contribution is 2.24. The number of carbonyl (C=O) groups excluding carboxylic acids is 1. The minimum absolute atomic E-state index is 0.0324. The van der Waals surface area contributed by atoms with Gasteiger partial charge in [-0.2, -0.15) is 0 Å². The lowest BCUT2D eigenvalue weighted by Crippen LogP contribution is -2.12. The number of phenols is 1. The van der Waals surface area contributed by atoms with E-state index in [9.17, 15) is 9.90 Å². The number of aromatic nitrogens is 1. The van der Waals surface area contributed by atoms with E-state index in [4.69, 9.17) is 0 Å². The minimum Gasteiger partial charge on any atom is -0.507 e. The third kappa shape index (κ3) is 2.87. The van der Waals surface area contributed by atoms with Crippen LogP contribution in [0.1, 0.15) is 15.9 Å². The molecule has 92 valence electrons. The van der Waals surface area contributed by atoms with E-state index < -0.39 is 0 Å². The van der Waals surface area contributed by atoms with Gasteiger partial charge in [0.25, 0.3) is 5.91 Å². The van der Waals surface area contributed by atoms with E-state index in [0.29, 0.717) is 15.7 Å². The van der Waals surface area contributed by atoms with Crippen LogP contribution in [0.2, 0.25) is 0 Å². The van der Waals surface area contributed by atoms with Gasteiger partial charge in [0.05, 0.1) is 16.4 Å². The highest BCUT2D eigenvalue weighted by Gasteiger charge is 2.08. The third-order valence-corrected chi connectivity index (χ3v) is 3.01. The maximum absolute atomic E-state index is 11.9. The standard InChI is InChI=1S/C13H11BrN2O2/c1-8-4-10(7-15-6-8)16-13(18)9-2-3-11(14)12(17)5-9/h2-7,17H,1H3,(H,16,18). The molecule has 0 bridgehead atoms. The summed E-state index contributed by atoms with van der Waals surface area (Å²) in [5, 5.41) is 12.2. The van der Waals surface area contributed by atoms with Gasteiger partial charge in [0, 0.05) is 11.8 Å². The van der Waals surface area contributed by atoms with Gasteiger partial charge in [0.15, 0.2) is 0 Å². The van der Waals surface area contributed by atoms with E-state index in [2.05, 4.69) is 26.2 Å². The smallest absolute Gasteiger partial charge is 0.255 e. The molecule has 5 heteroatoms. The van der Waals surface area contributed by atoms with Crippen LogP contribution in [0.3, 0.4) is 0 Å². The Morgan fingerprint density at radius 1 is 1.33 bits per heavy atom. The normalized spacial score (nSPS) is 10.1. The first-order valence-corrected chi connectivity index (χ1v) is 6.07. The number of nitrogens with zero attached hydrogens (tertiary/aromatic N) is 1. The number of carbonyl (C=O) groups is 1. The van der Waals surface area contributed by atoms with Crippen molar-refractivity contribution in [1.82, 2.24) is 4.98 Å². The van der Waals surface area contributed by atoms with Crippen LogP contribution in [0.5, 0.6) is 5.75 Å². The van der Waals surface area contributed by atoms with Crippen LogP contribution >= 0.6 is 15.9 Å². The molecule has 4 nitrogen and oxygen atoms in total. The maximum atomic E-state index is 11.9. The number of aromatic hydroxyl groups is 1. The quantitative estimate of drug-likeness (QED) is 0.896. The summed E-state index contributed by atoms with van der Waals surface area (Å²) in [4.78, 5) is 15.9. The first kappa shape index (κ1) is 12.6. The number of benzene rings is 1. The van der Waals surface area contributed by atoms with Gasteiger partial charge in [-0.3, -0.25) is 9.78 Å². The van der Waals surface area contributed by atoms with Crippen molar-refractivity contribution < 1.29 is 9.90 Å². The largest absolute Gasteiger partial charge is 0.507 e. The Morgan fingerprint density at radius 3 is 2.78 bits per heavy atom.